The first kappa shape index (κ1) is 15.0. The van der Waals surface area contributed by atoms with Gasteiger partial charge < -0.3 is 0 Å². The summed E-state index contributed by atoms with van der Waals surface area (Å²) < 4.78 is 13.2. The highest BCUT2D eigenvalue weighted by Crippen LogP contribution is 2.31. The predicted molar refractivity (Wildman–Crippen MR) is 81.2 cm³/mol. The van der Waals surface area contributed by atoms with E-state index >= 15 is 0 Å². The summed E-state index contributed by atoms with van der Waals surface area (Å²) >= 11 is 6.14. The van der Waals surface area contributed by atoms with Gasteiger partial charge in [0.15, 0.2) is 0 Å². The van der Waals surface area contributed by atoms with Crippen LogP contribution in [0.25, 0.3) is 0 Å². The summed E-state index contributed by atoms with van der Waals surface area (Å²) in [5.41, 5.74) is 8.12. The third-order valence-corrected chi connectivity index (χ3v) is 3.96. The van der Waals surface area contributed by atoms with Crippen LogP contribution in [-0.2, 0) is 0 Å². The topological polar surface area (TPSA) is 38.0 Å². The lowest BCUT2D eigenvalue weighted by Gasteiger charge is -2.21. The summed E-state index contributed by atoms with van der Waals surface area (Å²) in [6, 6.07) is 8.31. The van der Waals surface area contributed by atoms with Crippen LogP contribution in [0.2, 0.25) is 5.02 Å². The summed E-state index contributed by atoms with van der Waals surface area (Å²) in [5, 5.41) is 0.366. The number of hydrazine groups is 1. The highest BCUT2D eigenvalue weighted by atomic mass is 35.5. The van der Waals surface area contributed by atoms with Crippen LogP contribution in [0.1, 0.15) is 33.9 Å². The molecule has 3 N–H and O–H groups in total. The van der Waals surface area contributed by atoms with E-state index in [1.54, 1.807) is 6.07 Å². The molecule has 0 aliphatic heterocycles. The fourth-order valence-corrected chi connectivity index (χ4v) is 2.65. The summed E-state index contributed by atoms with van der Waals surface area (Å²) in [5.74, 6) is 5.34. The number of aryl methyl sites for hydroxylation is 3. The van der Waals surface area contributed by atoms with Gasteiger partial charge in [-0.2, -0.15) is 0 Å². The molecule has 106 valence electrons. The van der Waals surface area contributed by atoms with Crippen LogP contribution < -0.4 is 11.3 Å². The molecule has 1 unspecified atom stereocenters. The fourth-order valence-electron chi connectivity index (χ4n) is 2.38. The Balaban J connectivity index is 2.55. The number of nitrogens with one attached hydrogen (secondary N) is 1. The summed E-state index contributed by atoms with van der Waals surface area (Å²) in [6.45, 7) is 6.16. The first-order valence-electron chi connectivity index (χ1n) is 6.43. The number of hydrogen-bond donors (Lipinski definition) is 2. The van der Waals surface area contributed by atoms with Gasteiger partial charge in [-0.3, -0.25) is 5.84 Å². The van der Waals surface area contributed by atoms with Crippen molar-refractivity contribution in [1.82, 2.24) is 5.43 Å². The largest absolute Gasteiger partial charge is 0.271 e. The van der Waals surface area contributed by atoms with Crippen molar-refractivity contribution in [3.63, 3.8) is 0 Å². The Morgan fingerprint density at radius 1 is 1.00 bits per heavy atom. The van der Waals surface area contributed by atoms with E-state index in [0.29, 0.717) is 5.02 Å². The molecular weight excluding hydrogens is 275 g/mol. The molecule has 0 heterocycles. The van der Waals surface area contributed by atoms with Gasteiger partial charge in [0.1, 0.15) is 5.82 Å². The molecule has 0 saturated heterocycles. The summed E-state index contributed by atoms with van der Waals surface area (Å²) in [4.78, 5) is 0. The van der Waals surface area contributed by atoms with E-state index in [0.717, 1.165) is 16.7 Å². The number of rotatable bonds is 3. The zero-order valence-corrected chi connectivity index (χ0v) is 12.6. The Morgan fingerprint density at radius 3 is 2.25 bits per heavy atom. The smallest absolute Gasteiger partial charge is 0.124 e. The van der Waals surface area contributed by atoms with Gasteiger partial charge >= 0.3 is 0 Å². The Kier molecular flexibility index (Phi) is 4.43. The third kappa shape index (κ3) is 2.85. The van der Waals surface area contributed by atoms with Gasteiger partial charge in [0, 0.05) is 5.02 Å². The van der Waals surface area contributed by atoms with E-state index in [2.05, 4.69) is 31.4 Å². The molecule has 2 aromatic carbocycles. The normalized spacial score (nSPS) is 12.5. The maximum absolute atomic E-state index is 13.2. The summed E-state index contributed by atoms with van der Waals surface area (Å²) in [7, 11) is 0. The SMILES string of the molecule is Cc1cc(C)c(C(NN)c2ccc(F)cc2Cl)cc1C. The minimum absolute atomic E-state index is 0.262. The van der Waals surface area contributed by atoms with E-state index in [1.165, 1.54) is 23.3 Å². The molecule has 0 aliphatic carbocycles. The van der Waals surface area contributed by atoms with Gasteiger partial charge in [-0.05, 0) is 60.7 Å². The third-order valence-electron chi connectivity index (χ3n) is 3.63. The average Bonchev–Trinajstić information content (AvgIpc) is 2.38. The minimum atomic E-state index is -0.355. The zero-order valence-electron chi connectivity index (χ0n) is 11.8. The highest BCUT2D eigenvalue weighted by Gasteiger charge is 2.18. The van der Waals surface area contributed by atoms with Gasteiger partial charge in [-0.25, -0.2) is 9.82 Å². The second kappa shape index (κ2) is 5.92. The molecule has 0 aliphatic rings. The molecule has 1 atom stereocenters. The quantitative estimate of drug-likeness (QED) is 0.664. The second-order valence-electron chi connectivity index (χ2n) is 5.06. The van der Waals surface area contributed by atoms with Crippen molar-refractivity contribution < 1.29 is 4.39 Å². The predicted octanol–water partition coefficient (Wildman–Crippen LogP) is 3.96. The van der Waals surface area contributed by atoms with Crippen molar-refractivity contribution in [2.45, 2.75) is 26.8 Å². The molecule has 0 spiro atoms. The lowest BCUT2D eigenvalue weighted by Crippen LogP contribution is -2.29. The molecule has 2 aromatic rings. The van der Waals surface area contributed by atoms with Gasteiger partial charge in [0.2, 0.25) is 0 Å². The van der Waals surface area contributed by atoms with E-state index in [9.17, 15) is 4.39 Å². The van der Waals surface area contributed by atoms with Crippen molar-refractivity contribution >= 4 is 11.6 Å². The Bertz CT molecular complexity index is 641. The number of nitrogens with two attached hydrogens (primary N) is 1. The van der Waals surface area contributed by atoms with Gasteiger partial charge in [-0.15, -0.1) is 0 Å². The zero-order chi connectivity index (χ0) is 14.9. The van der Waals surface area contributed by atoms with Crippen molar-refractivity contribution in [2.24, 2.45) is 5.84 Å². The number of hydrogen-bond acceptors (Lipinski definition) is 2. The van der Waals surface area contributed by atoms with E-state index in [-0.39, 0.29) is 11.9 Å². The molecule has 0 amide bonds. The van der Waals surface area contributed by atoms with Crippen LogP contribution in [-0.4, -0.2) is 0 Å². The maximum Gasteiger partial charge on any atom is 0.124 e. The highest BCUT2D eigenvalue weighted by molar-refractivity contribution is 6.31. The van der Waals surface area contributed by atoms with Crippen molar-refractivity contribution in [3.8, 4) is 0 Å². The van der Waals surface area contributed by atoms with Crippen molar-refractivity contribution in [2.75, 3.05) is 0 Å². The fraction of sp³-hybridized carbons (Fsp3) is 0.250. The lowest BCUT2D eigenvalue weighted by atomic mass is 9.92. The summed E-state index contributed by atoms with van der Waals surface area (Å²) in [6.07, 6.45) is 0. The maximum atomic E-state index is 13.2. The van der Waals surface area contributed by atoms with Crippen LogP contribution in [0.5, 0.6) is 0 Å². The standard InChI is InChI=1S/C16H18ClFN2/c1-9-6-11(3)14(7-10(9)2)16(20-19)13-5-4-12(18)8-15(13)17/h4-8,16,20H,19H2,1-3H3. The van der Waals surface area contributed by atoms with Crippen molar-refractivity contribution in [1.29, 1.82) is 0 Å². The first-order chi connectivity index (χ1) is 9.43. The second-order valence-corrected chi connectivity index (χ2v) is 5.47. The molecule has 2 rings (SSSR count). The lowest BCUT2D eigenvalue weighted by molar-refractivity contribution is 0.614. The molecule has 4 heteroatoms. The molecule has 0 fully saturated rings. The van der Waals surface area contributed by atoms with E-state index in [1.807, 2.05) is 6.92 Å². The van der Waals surface area contributed by atoms with Crippen LogP contribution in [0.3, 0.4) is 0 Å². The van der Waals surface area contributed by atoms with Gasteiger partial charge in [-0.1, -0.05) is 29.8 Å². The molecule has 20 heavy (non-hydrogen) atoms. The van der Waals surface area contributed by atoms with Crippen LogP contribution >= 0.6 is 11.6 Å². The molecule has 0 bridgehead atoms. The minimum Gasteiger partial charge on any atom is -0.271 e. The Morgan fingerprint density at radius 2 is 1.65 bits per heavy atom. The van der Waals surface area contributed by atoms with E-state index < -0.39 is 0 Å². The first-order valence-corrected chi connectivity index (χ1v) is 6.80. The molecular formula is C16H18ClFN2. The Labute approximate surface area is 123 Å². The average molecular weight is 293 g/mol. The monoisotopic (exact) mass is 292 g/mol. The number of halogens is 2. The molecule has 0 aromatic heterocycles. The van der Waals surface area contributed by atoms with Gasteiger partial charge in [0.25, 0.3) is 0 Å². The molecule has 0 radical (unpaired) electrons. The number of benzene rings is 2. The van der Waals surface area contributed by atoms with Crippen LogP contribution in [0.4, 0.5) is 4.39 Å². The van der Waals surface area contributed by atoms with Crippen molar-refractivity contribution in [3.05, 3.63) is 69.0 Å². The van der Waals surface area contributed by atoms with Crippen LogP contribution in [0.15, 0.2) is 30.3 Å². The Hall–Kier alpha value is -1.42. The van der Waals surface area contributed by atoms with Gasteiger partial charge in [0.05, 0.1) is 6.04 Å². The molecule has 0 saturated carbocycles. The molecule has 2 nitrogen and oxygen atoms in total. The van der Waals surface area contributed by atoms with Crippen LogP contribution in [0, 0.1) is 26.6 Å². The van der Waals surface area contributed by atoms with E-state index in [4.69, 9.17) is 17.4 Å².